The smallest absolute Gasteiger partial charge is 0.220 e. The number of aliphatic hydroxyl groups excluding tert-OH is 1. The molecule has 21 heavy (non-hydrogen) atoms. The number of carbonyl (C=O) groups excluding carboxylic acids is 1. The van der Waals surface area contributed by atoms with Crippen LogP contribution in [0.2, 0.25) is 0 Å². The molecule has 2 rings (SSSR count). The molecule has 4 nitrogen and oxygen atoms in total. The van der Waals surface area contributed by atoms with Crippen molar-refractivity contribution in [1.29, 1.82) is 0 Å². The Labute approximate surface area is 127 Å². The molecule has 0 aliphatic carbocycles. The fraction of sp³-hybridized carbons (Fsp3) is 0.588. The third-order valence-corrected chi connectivity index (χ3v) is 3.80. The molecule has 0 fully saturated rings. The number of rotatable bonds is 4. The maximum Gasteiger partial charge on any atom is 0.220 e. The van der Waals surface area contributed by atoms with Gasteiger partial charge < -0.3 is 15.3 Å². The van der Waals surface area contributed by atoms with Gasteiger partial charge in [-0.3, -0.25) is 4.79 Å². The van der Waals surface area contributed by atoms with E-state index >= 15 is 0 Å². The van der Waals surface area contributed by atoms with Crippen molar-refractivity contribution in [3.05, 3.63) is 29.3 Å². The highest BCUT2D eigenvalue weighted by Crippen LogP contribution is 2.29. The summed E-state index contributed by atoms with van der Waals surface area (Å²) < 4.78 is 0. The van der Waals surface area contributed by atoms with Crippen molar-refractivity contribution < 1.29 is 9.90 Å². The highest BCUT2D eigenvalue weighted by molar-refractivity contribution is 5.76. The highest BCUT2D eigenvalue weighted by Gasteiger charge is 2.19. The van der Waals surface area contributed by atoms with E-state index in [-0.39, 0.29) is 17.9 Å². The van der Waals surface area contributed by atoms with Crippen LogP contribution in [0.1, 0.15) is 44.4 Å². The van der Waals surface area contributed by atoms with E-state index in [0.29, 0.717) is 6.42 Å². The van der Waals surface area contributed by atoms with Gasteiger partial charge in [0.2, 0.25) is 5.91 Å². The van der Waals surface area contributed by atoms with Crippen LogP contribution < -0.4 is 10.2 Å². The number of nitrogens with zero attached hydrogens (tertiary/aromatic N) is 1. The van der Waals surface area contributed by atoms with Gasteiger partial charge in [0.1, 0.15) is 0 Å². The minimum absolute atomic E-state index is 0.0116. The molecule has 1 aliphatic heterocycles. The normalized spacial score (nSPS) is 15.8. The lowest BCUT2D eigenvalue weighted by Gasteiger charge is -2.19. The summed E-state index contributed by atoms with van der Waals surface area (Å²) in [4.78, 5) is 14.0. The molecule has 1 amide bonds. The third kappa shape index (κ3) is 4.21. The number of benzene rings is 1. The van der Waals surface area contributed by atoms with E-state index < -0.39 is 6.10 Å². The molecule has 0 bridgehead atoms. The first-order valence-electron chi connectivity index (χ1n) is 7.55. The Balaban J connectivity index is 1.92. The molecule has 2 N–H and O–H groups in total. The van der Waals surface area contributed by atoms with E-state index in [1.807, 2.05) is 26.8 Å². The van der Waals surface area contributed by atoms with Gasteiger partial charge in [-0.1, -0.05) is 32.9 Å². The number of carbonyl (C=O) groups is 1. The Morgan fingerprint density at radius 2 is 2.14 bits per heavy atom. The van der Waals surface area contributed by atoms with Gasteiger partial charge in [-0.2, -0.15) is 0 Å². The number of hydrogen-bond donors (Lipinski definition) is 2. The van der Waals surface area contributed by atoms with Crippen LogP contribution in [0.3, 0.4) is 0 Å². The monoisotopic (exact) mass is 290 g/mol. The van der Waals surface area contributed by atoms with E-state index in [0.717, 1.165) is 18.5 Å². The summed E-state index contributed by atoms with van der Waals surface area (Å²) in [5.74, 6) is -0.0116. The van der Waals surface area contributed by atoms with Gasteiger partial charge in [0.25, 0.3) is 0 Å². The van der Waals surface area contributed by atoms with Crippen molar-refractivity contribution in [2.45, 2.75) is 39.7 Å². The molecular formula is C17H26N2O2. The molecule has 1 atom stereocenters. The quantitative estimate of drug-likeness (QED) is 0.894. The summed E-state index contributed by atoms with van der Waals surface area (Å²) in [5.41, 5.74) is 3.35. The van der Waals surface area contributed by atoms with E-state index in [1.54, 1.807) is 0 Å². The Bertz CT molecular complexity index is 520. The van der Waals surface area contributed by atoms with Crippen LogP contribution in [0, 0.1) is 5.41 Å². The maximum absolute atomic E-state index is 11.8. The number of likely N-dealkylation sites (N-methyl/N-ethyl adjacent to an activating group) is 1. The van der Waals surface area contributed by atoms with Gasteiger partial charge in [0.15, 0.2) is 0 Å². The van der Waals surface area contributed by atoms with Crippen molar-refractivity contribution in [2.75, 3.05) is 25.0 Å². The van der Waals surface area contributed by atoms with Crippen molar-refractivity contribution in [1.82, 2.24) is 5.32 Å². The van der Waals surface area contributed by atoms with E-state index in [4.69, 9.17) is 0 Å². The molecule has 116 valence electrons. The second kappa shape index (κ2) is 6.06. The highest BCUT2D eigenvalue weighted by atomic mass is 16.3. The maximum atomic E-state index is 11.8. The van der Waals surface area contributed by atoms with Gasteiger partial charge in [0.05, 0.1) is 6.10 Å². The zero-order chi connectivity index (χ0) is 15.6. The summed E-state index contributed by atoms with van der Waals surface area (Å²) in [6.45, 7) is 7.38. The summed E-state index contributed by atoms with van der Waals surface area (Å²) in [5, 5.41) is 13.1. The van der Waals surface area contributed by atoms with Crippen LogP contribution >= 0.6 is 0 Å². The first-order chi connectivity index (χ1) is 9.76. The minimum Gasteiger partial charge on any atom is -0.387 e. The van der Waals surface area contributed by atoms with Crippen molar-refractivity contribution in [3.8, 4) is 0 Å². The average molecular weight is 290 g/mol. The molecule has 1 aromatic rings. The van der Waals surface area contributed by atoms with Crippen molar-refractivity contribution >= 4 is 11.6 Å². The van der Waals surface area contributed by atoms with E-state index in [9.17, 15) is 9.90 Å². The first kappa shape index (κ1) is 15.8. The predicted octanol–water partition coefficient (Wildman–Crippen LogP) is 2.26. The molecule has 0 radical (unpaired) electrons. The summed E-state index contributed by atoms with van der Waals surface area (Å²) >= 11 is 0. The molecule has 4 heteroatoms. The van der Waals surface area contributed by atoms with E-state index in [2.05, 4.69) is 29.4 Å². The summed E-state index contributed by atoms with van der Waals surface area (Å²) in [7, 11) is 2.08. The predicted molar refractivity (Wildman–Crippen MR) is 85.5 cm³/mol. The van der Waals surface area contributed by atoms with Gasteiger partial charge in [-0.05, 0) is 29.0 Å². The lowest BCUT2D eigenvalue weighted by Crippen LogP contribution is -2.31. The molecule has 0 saturated carbocycles. The zero-order valence-corrected chi connectivity index (χ0v) is 13.4. The van der Waals surface area contributed by atoms with Gasteiger partial charge in [-0.25, -0.2) is 0 Å². The lowest BCUT2D eigenvalue weighted by atomic mass is 9.92. The Morgan fingerprint density at radius 3 is 2.81 bits per heavy atom. The largest absolute Gasteiger partial charge is 0.387 e. The number of anilines is 1. The molecule has 0 aromatic heterocycles. The Kier molecular flexibility index (Phi) is 4.57. The van der Waals surface area contributed by atoms with Gasteiger partial charge in [0, 0.05) is 32.2 Å². The fourth-order valence-electron chi connectivity index (χ4n) is 2.67. The number of nitrogens with one attached hydrogen (secondary N) is 1. The second-order valence-corrected chi connectivity index (χ2v) is 7.12. The molecule has 1 aromatic carbocycles. The second-order valence-electron chi connectivity index (χ2n) is 7.12. The number of aliphatic hydroxyl groups is 1. The van der Waals surface area contributed by atoms with Crippen LogP contribution in [0.15, 0.2) is 18.2 Å². The van der Waals surface area contributed by atoms with E-state index in [1.165, 1.54) is 11.3 Å². The molecule has 0 unspecified atom stereocenters. The summed E-state index contributed by atoms with van der Waals surface area (Å²) in [6.07, 6.45) is 0.836. The van der Waals surface area contributed by atoms with Crippen LogP contribution in [0.4, 0.5) is 5.69 Å². The van der Waals surface area contributed by atoms with Crippen LogP contribution in [-0.2, 0) is 11.2 Å². The first-order valence-corrected chi connectivity index (χ1v) is 7.55. The third-order valence-electron chi connectivity index (χ3n) is 3.80. The standard InChI is InChI=1S/C17H26N2O2/c1-17(2,3)10-16(21)18-11-15(20)13-5-6-14-12(9-13)7-8-19(14)4/h5-6,9,15,20H,7-8,10-11H2,1-4H3,(H,18,21)/t15-/m1/s1. The van der Waals surface area contributed by atoms with Crippen LogP contribution in [-0.4, -0.2) is 31.2 Å². The number of fused-ring (bicyclic) bond motifs is 1. The van der Waals surface area contributed by atoms with Crippen molar-refractivity contribution in [2.24, 2.45) is 5.41 Å². The Hall–Kier alpha value is -1.55. The summed E-state index contributed by atoms with van der Waals surface area (Å²) in [6, 6.07) is 6.05. The lowest BCUT2D eigenvalue weighted by molar-refractivity contribution is -0.123. The Morgan fingerprint density at radius 1 is 1.43 bits per heavy atom. The molecule has 0 saturated heterocycles. The van der Waals surface area contributed by atoms with Gasteiger partial charge in [-0.15, -0.1) is 0 Å². The van der Waals surface area contributed by atoms with Gasteiger partial charge >= 0.3 is 0 Å². The van der Waals surface area contributed by atoms with Crippen LogP contribution in [0.5, 0.6) is 0 Å². The van der Waals surface area contributed by atoms with Crippen LogP contribution in [0.25, 0.3) is 0 Å². The fourth-order valence-corrected chi connectivity index (χ4v) is 2.67. The van der Waals surface area contributed by atoms with Crippen molar-refractivity contribution in [3.63, 3.8) is 0 Å². The topological polar surface area (TPSA) is 52.6 Å². The minimum atomic E-state index is -0.648. The zero-order valence-electron chi connectivity index (χ0n) is 13.4. The molecular weight excluding hydrogens is 264 g/mol. The number of amides is 1. The average Bonchev–Trinajstić information content (AvgIpc) is 2.75. The molecule has 1 heterocycles. The SMILES string of the molecule is CN1CCc2cc([C@H](O)CNC(=O)CC(C)(C)C)ccc21. The molecule has 1 aliphatic rings. The number of hydrogen-bond acceptors (Lipinski definition) is 3. The molecule has 0 spiro atoms.